The van der Waals surface area contributed by atoms with Crippen LogP contribution in [-0.4, -0.2) is 30.0 Å². The molecule has 1 aliphatic heterocycles. The number of hydrogen-bond donors (Lipinski definition) is 3. The molecule has 0 aliphatic carbocycles. The van der Waals surface area contributed by atoms with Gasteiger partial charge in [0.15, 0.2) is 0 Å². The molecule has 20 heavy (non-hydrogen) atoms. The fourth-order valence-electron chi connectivity index (χ4n) is 2.58. The van der Waals surface area contributed by atoms with E-state index in [1.165, 1.54) is 0 Å². The average Bonchev–Trinajstić information content (AvgIpc) is 2.47. The van der Waals surface area contributed by atoms with E-state index in [1.54, 1.807) is 0 Å². The van der Waals surface area contributed by atoms with E-state index in [9.17, 15) is 4.79 Å². The van der Waals surface area contributed by atoms with Gasteiger partial charge in [-0.05, 0) is 31.5 Å². The minimum absolute atomic E-state index is 0.288. The number of benzene rings is 1. The van der Waals surface area contributed by atoms with Crippen molar-refractivity contribution in [3.63, 3.8) is 0 Å². The standard InChI is InChI=1S/C15H18N4O/c16-14(20)12-8-10-4-1-2-6-13(10)19-15(12)18-11-5-3-7-17-9-11/h1-2,4,6,8,11,17H,3,5,7,9H2,(H2,16,20)(H,18,19). The molecule has 104 valence electrons. The fourth-order valence-corrected chi connectivity index (χ4v) is 2.58. The summed E-state index contributed by atoms with van der Waals surface area (Å²) in [6, 6.07) is 9.82. The summed E-state index contributed by atoms with van der Waals surface area (Å²) < 4.78 is 0. The van der Waals surface area contributed by atoms with Crippen molar-refractivity contribution < 1.29 is 4.79 Å². The van der Waals surface area contributed by atoms with Crippen molar-refractivity contribution in [1.82, 2.24) is 10.3 Å². The van der Waals surface area contributed by atoms with Gasteiger partial charge in [0, 0.05) is 18.0 Å². The molecule has 1 saturated heterocycles. The molecular weight excluding hydrogens is 252 g/mol. The Kier molecular flexibility index (Phi) is 3.52. The van der Waals surface area contributed by atoms with Gasteiger partial charge in [0.2, 0.25) is 0 Å². The number of amides is 1. The van der Waals surface area contributed by atoms with Crippen LogP contribution in [-0.2, 0) is 0 Å². The second-order valence-corrected chi connectivity index (χ2v) is 5.13. The predicted molar refractivity (Wildman–Crippen MR) is 79.8 cm³/mol. The number of nitrogens with zero attached hydrogens (tertiary/aromatic N) is 1. The highest BCUT2D eigenvalue weighted by molar-refractivity contribution is 6.01. The minimum Gasteiger partial charge on any atom is -0.365 e. The second-order valence-electron chi connectivity index (χ2n) is 5.13. The number of fused-ring (bicyclic) bond motifs is 1. The summed E-state index contributed by atoms with van der Waals surface area (Å²) in [6.45, 7) is 1.93. The van der Waals surface area contributed by atoms with Gasteiger partial charge < -0.3 is 16.4 Å². The van der Waals surface area contributed by atoms with E-state index >= 15 is 0 Å². The third-order valence-corrected chi connectivity index (χ3v) is 3.63. The third kappa shape index (κ3) is 2.58. The second kappa shape index (κ2) is 5.46. The third-order valence-electron chi connectivity index (χ3n) is 3.63. The molecule has 1 aromatic heterocycles. The van der Waals surface area contributed by atoms with Gasteiger partial charge in [0.25, 0.3) is 5.91 Å². The van der Waals surface area contributed by atoms with Crippen LogP contribution in [0.5, 0.6) is 0 Å². The molecule has 5 nitrogen and oxygen atoms in total. The van der Waals surface area contributed by atoms with Crippen molar-refractivity contribution >= 4 is 22.6 Å². The van der Waals surface area contributed by atoms with Crippen LogP contribution in [0.25, 0.3) is 10.9 Å². The Morgan fingerprint density at radius 1 is 1.40 bits per heavy atom. The monoisotopic (exact) mass is 270 g/mol. The number of nitrogens with two attached hydrogens (primary N) is 1. The summed E-state index contributed by atoms with van der Waals surface area (Å²) in [4.78, 5) is 16.2. The Labute approximate surface area is 117 Å². The zero-order chi connectivity index (χ0) is 13.9. The van der Waals surface area contributed by atoms with Gasteiger partial charge in [-0.15, -0.1) is 0 Å². The number of carbonyl (C=O) groups excluding carboxylic acids is 1. The number of anilines is 1. The topological polar surface area (TPSA) is 80.0 Å². The first kappa shape index (κ1) is 12.9. The molecule has 1 atom stereocenters. The van der Waals surface area contributed by atoms with Gasteiger partial charge in [-0.3, -0.25) is 4.79 Å². The van der Waals surface area contributed by atoms with Crippen LogP contribution in [0.4, 0.5) is 5.82 Å². The van der Waals surface area contributed by atoms with E-state index in [4.69, 9.17) is 5.73 Å². The van der Waals surface area contributed by atoms with Crippen LogP contribution in [0.15, 0.2) is 30.3 Å². The molecule has 5 heteroatoms. The summed E-state index contributed by atoms with van der Waals surface area (Å²) in [7, 11) is 0. The molecule has 0 bridgehead atoms. The molecule has 0 radical (unpaired) electrons. The summed E-state index contributed by atoms with van der Waals surface area (Å²) >= 11 is 0. The van der Waals surface area contributed by atoms with Crippen LogP contribution >= 0.6 is 0 Å². The van der Waals surface area contributed by atoms with Gasteiger partial charge in [-0.1, -0.05) is 18.2 Å². The summed E-state index contributed by atoms with van der Waals surface area (Å²) in [5.41, 5.74) is 6.79. The molecule has 2 heterocycles. The van der Waals surface area contributed by atoms with Gasteiger partial charge >= 0.3 is 0 Å². The number of primary amides is 1. The van der Waals surface area contributed by atoms with Crippen molar-refractivity contribution in [2.75, 3.05) is 18.4 Å². The number of pyridine rings is 1. The lowest BCUT2D eigenvalue weighted by Gasteiger charge is -2.25. The fraction of sp³-hybridized carbons (Fsp3) is 0.333. The van der Waals surface area contributed by atoms with Crippen LogP contribution in [0.1, 0.15) is 23.2 Å². The molecule has 1 amide bonds. The summed E-state index contributed by atoms with van der Waals surface area (Å²) in [5.74, 6) is 0.138. The van der Waals surface area contributed by atoms with Crippen LogP contribution < -0.4 is 16.4 Å². The summed E-state index contributed by atoms with van der Waals surface area (Å²) in [6.07, 6.45) is 2.19. The Bertz CT molecular complexity index is 635. The number of para-hydroxylation sites is 1. The SMILES string of the molecule is NC(=O)c1cc2ccccc2nc1NC1CCCNC1. The number of aromatic nitrogens is 1. The van der Waals surface area contributed by atoms with E-state index in [-0.39, 0.29) is 6.04 Å². The van der Waals surface area contributed by atoms with E-state index in [2.05, 4.69) is 15.6 Å². The Morgan fingerprint density at radius 2 is 2.25 bits per heavy atom. The molecule has 0 saturated carbocycles. The quantitative estimate of drug-likeness (QED) is 0.789. The zero-order valence-corrected chi connectivity index (χ0v) is 11.2. The molecule has 1 aliphatic rings. The zero-order valence-electron chi connectivity index (χ0n) is 11.2. The first-order valence-electron chi connectivity index (χ1n) is 6.91. The largest absolute Gasteiger partial charge is 0.365 e. The number of carbonyl (C=O) groups is 1. The molecule has 0 spiro atoms. The van der Waals surface area contributed by atoms with E-state index in [0.717, 1.165) is 36.8 Å². The maximum atomic E-state index is 11.6. The Hall–Kier alpha value is -2.14. The predicted octanol–water partition coefficient (Wildman–Crippen LogP) is 1.50. The molecule has 1 unspecified atom stereocenters. The normalized spacial score (nSPS) is 18.9. The van der Waals surface area contributed by atoms with Crippen molar-refractivity contribution in [3.8, 4) is 0 Å². The number of rotatable bonds is 3. The molecule has 1 aromatic carbocycles. The molecular formula is C15H18N4O. The Morgan fingerprint density at radius 3 is 3.00 bits per heavy atom. The minimum atomic E-state index is -0.450. The van der Waals surface area contributed by atoms with Crippen molar-refractivity contribution in [2.45, 2.75) is 18.9 Å². The number of hydrogen-bond acceptors (Lipinski definition) is 4. The number of piperidine rings is 1. The lowest BCUT2D eigenvalue weighted by molar-refractivity contribution is 0.100. The van der Waals surface area contributed by atoms with Crippen LogP contribution in [0.3, 0.4) is 0 Å². The van der Waals surface area contributed by atoms with Crippen molar-refractivity contribution in [3.05, 3.63) is 35.9 Å². The summed E-state index contributed by atoms with van der Waals surface area (Å²) in [5, 5.41) is 7.61. The first-order chi connectivity index (χ1) is 9.74. The molecule has 1 fully saturated rings. The van der Waals surface area contributed by atoms with Crippen LogP contribution in [0, 0.1) is 0 Å². The van der Waals surface area contributed by atoms with Gasteiger partial charge in [-0.2, -0.15) is 0 Å². The molecule has 3 rings (SSSR count). The molecule has 4 N–H and O–H groups in total. The van der Waals surface area contributed by atoms with E-state index in [0.29, 0.717) is 11.4 Å². The van der Waals surface area contributed by atoms with E-state index in [1.807, 2.05) is 30.3 Å². The van der Waals surface area contributed by atoms with Gasteiger partial charge in [-0.25, -0.2) is 4.98 Å². The van der Waals surface area contributed by atoms with E-state index < -0.39 is 5.91 Å². The highest BCUT2D eigenvalue weighted by Gasteiger charge is 2.17. The highest BCUT2D eigenvalue weighted by Crippen LogP contribution is 2.21. The maximum absolute atomic E-state index is 11.6. The van der Waals surface area contributed by atoms with Gasteiger partial charge in [0.05, 0.1) is 11.1 Å². The van der Waals surface area contributed by atoms with Gasteiger partial charge in [0.1, 0.15) is 5.82 Å². The maximum Gasteiger partial charge on any atom is 0.252 e. The van der Waals surface area contributed by atoms with Crippen molar-refractivity contribution in [1.29, 1.82) is 0 Å². The lowest BCUT2D eigenvalue weighted by atomic mass is 10.1. The molecule has 2 aromatic rings. The smallest absolute Gasteiger partial charge is 0.252 e. The number of nitrogens with one attached hydrogen (secondary N) is 2. The first-order valence-corrected chi connectivity index (χ1v) is 6.91. The highest BCUT2D eigenvalue weighted by atomic mass is 16.1. The van der Waals surface area contributed by atoms with Crippen LogP contribution in [0.2, 0.25) is 0 Å². The lowest BCUT2D eigenvalue weighted by Crippen LogP contribution is -2.39. The van der Waals surface area contributed by atoms with Crippen molar-refractivity contribution in [2.24, 2.45) is 5.73 Å². The Balaban J connectivity index is 1.98. The average molecular weight is 270 g/mol.